The lowest BCUT2D eigenvalue weighted by molar-refractivity contribution is 0.00578. The van der Waals surface area contributed by atoms with Crippen molar-refractivity contribution in [2.45, 2.75) is 90.1 Å². The van der Waals surface area contributed by atoms with E-state index in [-0.39, 0.29) is 35.4 Å². The Morgan fingerprint density at radius 2 is 1.00 bits per heavy atom. The van der Waals surface area contributed by atoms with E-state index in [2.05, 4.69) is 45.9 Å². The third kappa shape index (κ3) is 4.57. The van der Waals surface area contributed by atoms with Crippen LogP contribution < -0.4 is 10.9 Å². The van der Waals surface area contributed by atoms with Gasteiger partial charge in [0.1, 0.15) is 0 Å². The van der Waals surface area contributed by atoms with E-state index in [0.717, 1.165) is 22.1 Å². The smallest absolute Gasteiger partial charge is 0.399 e. The van der Waals surface area contributed by atoms with Crippen molar-refractivity contribution in [1.29, 1.82) is 5.26 Å². The molecule has 2 aliphatic rings. The second-order valence-electron chi connectivity index (χ2n) is 11.5. The van der Waals surface area contributed by atoms with Crippen molar-refractivity contribution in [1.82, 2.24) is 0 Å². The molecule has 0 radical (unpaired) electrons. The van der Waals surface area contributed by atoms with E-state index in [4.69, 9.17) is 18.6 Å². The average molecular weight is 459 g/mol. The Morgan fingerprint density at radius 1 is 0.647 bits per heavy atom. The number of nitriles is 1. The molecule has 34 heavy (non-hydrogen) atoms. The quantitative estimate of drug-likeness (QED) is 0.630. The molecule has 0 aliphatic carbocycles. The van der Waals surface area contributed by atoms with Crippen LogP contribution in [0.3, 0.4) is 0 Å². The first-order chi connectivity index (χ1) is 15.7. The van der Waals surface area contributed by atoms with Crippen molar-refractivity contribution in [2.24, 2.45) is 0 Å². The predicted octanol–water partition coefficient (Wildman–Crippen LogP) is 4.13. The second-order valence-corrected chi connectivity index (χ2v) is 11.5. The molecule has 0 saturated carbocycles. The zero-order valence-corrected chi connectivity index (χ0v) is 21.6. The highest BCUT2D eigenvalue weighted by Crippen LogP contribution is 2.37. The summed E-state index contributed by atoms with van der Waals surface area (Å²) in [6.45, 7) is 16.4. The molecule has 0 spiro atoms. The summed E-state index contributed by atoms with van der Waals surface area (Å²) in [5.41, 5.74) is 2.55. The normalized spacial score (nSPS) is 23.0. The summed E-state index contributed by atoms with van der Waals surface area (Å²) >= 11 is 0. The van der Waals surface area contributed by atoms with Gasteiger partial charge in [-0.15, -0.1) is 0 Å². The molecule has 0 bridgehead atoms. The predicted molar refractivity (Wildman–Crippen MR) is 136 cm³/mol. The first kappa shape index (κ1) is 25.0. The summed E-state index contributed by atoms with van der Waals surface area (Å²) in [4.78, 5) is 0. The molecule has 1 unspecified atom stereocenters. The van der Waals surface area contributed by atoms with Gasteiger partial charge in [0.15, 0.2) is 0 Å². The first-order valence-corrected chi connectivity index (χ1v) is 12.0. The van der Waals surface area contributed by atoms with Gasteiger partial charge in [0.05, 0.1) is 34.4 Å². The van der Waals surface area contributed by atoms with E-state index >= 15 is 0 Å². The van der Waals surface area contributed by atoms with Crippen molar-refractivity contribution < 1.29 is 18.6 Å². The Labute approximate surface area is 205 Å². The maximum atomic E-state index is 9.86. The minimum Gasteiger partial charge on any atom is -0.399 e. The molecule has 7 heteroatoms. The molecule has 2 fully saturated rings. The molecule has 2 saturated heterocycles. The van der Waals surface area contributed by atoms with Gasteiger partial charge in [0.2, 0.25) is 0 Å². The van der Waals surface area contributed by atoms with Crippen LogP contribution in [-0.2, 0) is 25.0 Å². The lowest BCUT2D eigenvalue weighted by Gasteiger charge is -2.32. The van der Waals surface area contributed by atoms with Crippen LogP contribution in [0.1, 0.15) is 72.4 Å². The topological polar surface area (TPSA) is 60.7 Å². The van der Waals surface area contributed by atoms with Gasteiger partial charge in [0, 0.05) is 0 Å². The zero-order valence-electron chi connectivity index (χ0n) is 21.6. The van der Waals surface area contributed by atoms with Crippen molar-refractivity contribution in [3.05, 3.63) is 59.7 Å². The summed E-state index contributed by atoms with van der Waals surface area (Å²) < 4.78 is 24.6. The standard InChI is InChI=1S/C27H35B2NO4/c1-24(2)25(3,4)32-28(31-24)22-13-9-19(10-14-22)17-21(18-30)20-11-15-23(16-12-20)29-33-26(5,6)27(7,8)34-29/h9-16,21H,17H2,1-8H3. The van der Waals surface area contributed by atoms with Crippen LogP contribution in [0.4, 0.5) is 0 Å². The Hall–Kier alpha value is -2.10. The molecule has 178 valence electrons. The van der Waals surface area contributed by atoms with Crippen LogP contribution in [-0.4, -0.2) is 36.6 Å². The van der Waals surface area contributed by atoms with E-state index in [9.17, 15) is 5.26 Å². The van der Waals surface area contributed by atoms with E-state index in [1.165, 1.54) is 0 Å². The van der Waals surface area contributed by atoms with E-state index in [0.29, 0.717) is 6.42 Å². The Balaban J connectivity index is 1.43. The highest BCUT2D eigenvalue weighted by atomic mass is 16.7. The Bertz CT molecular complexity index is 1040. The number of rotatable bonds is 5. The van der Waals surface area contributed by atoms with Gasteiger partial charge in [-0.3, -0.25) is 0 Å². The maximum Gasteiger partial charge on any atom is 0.494 e. The van der Waals surface area contributed by atoms with Crippen molar-refractivity contribution in [3.63, 3.8) is 0 Å². The lowest BCUT2D eigenvalue weighted by atomic mass is 9.77. The summed E-state index contributed by atoms with van der Waals surface area (Å²) in [5, 5.41) is 9.86. The van der Waals surface area contributed by atoms with Crippen molar-refractivity contribution >= 4 is 25.2 Å². The largest absolute Gasteiger partial charge is 0.494 e. The van der Waals surface area contributed by atoms with E-state index in [1.54, 1.807) is 0 Å². The maximum absolute atomic E-state index is 9.86. The van der Waals surface area contributed by atoms with Gasteiger partial charge >= 0.3 is 14.2 Å². The van der Waals surface area contributed by atoms with Gasteiger partial charge < -0.3 is 18.6 Å². The summed E-state index contributed by atoms with van der Waals surface area (Å²) in [6, 6.07) is 18.7. The van der Waals surface area contributed by atoms with Crippen LogP contribution in [0.2, 0.25) is 0 Å². The van der Waals surface area contributed by atoms with Gasteiger partial charge in [0.25, 0.3) is 0 Å². The molecule has 0 aromatic heterocycles. The number of hydrogen-bond acceptors (Lipinski definition) is 5. The zero-order chi connectivity index (χ0) is 24.9. The van der Waals surface area contributed by atoms with Crippen LogP contribution in [0.25, 0.3) is 0 Å². The molecule has 0 N–H and O–H groups in total. The minimum absolute atomic E-state index is 0.241. The number of benzene rings is 2. The van der Waals surface area contributed by atoms with Gasteiger partial charge in [-0.05, 0) is 83.9 Å². The molecule has 1 atom stereocenters. The fourth-order valence-corrected chi connectivity index (χ4v) is 4.13. The molecule has 5 nitrogen and oxygen atoms in total. The molecule has 4 rings (SSSR count). The monoisotopic (exact) mass is 459 g/mol. The fraction of sp³-hybridized carbons (Fsp3) is 0.519. The second kappa shape index (κ2) is 8.53. The fourth-order valence-electron chi connectivity index (χ4n) is 4.13. The average Bonchev–Trinajstić information content (AvgIpc) is 3.12. The molecule has 0 amide bonds. The number of nitrogens with zero attached hydrogens (tertiary/aromatic N) is 1. The Kier molecular flexibility index (Phi) is 6.28. The molecule has 2 aromatic carbocycles. The summed E-state index contributed by atoms with van der Waals surface area (Å²) in [7, 11) is -0.782. The summed E-state index contributed by atoms with van der Waals surface area (Å²) in [5.74, 6) is -0.241. The Morgan fingerprint density at radius 3 is 1.35 bits per heavy atom. The highest BCUT2D eigenvalue weighted by Gasteiger charge is 2.52. The van der Waals surface area contributed by atoms with Crippen LogP contribution in [0.15, 0.2) is 48.5 Å². The van der Waals surface area contributed by atoms with Crippen LogP contribution >= 0.6 is 0 Å². The summed E-state index contributed by atoms with van der Waals surface area (Å²) in [6.07, 6.45) is 0.635. The molecule has 2 aliphatic heterocycles. The van der Waals surface area contributed by atoms with Gasteiger partial charge in [-0.1, -0.05) is 48.5 Å². The third-order valence-electron chi connectivity index (χ3n) is 7.97. The van der Waals surface area contributed by atoms with Crippen LogP contribution in [0, 0.1) is 11.3 Å². The SMILES string of the molecule is CC1(C)OB(c2ccc(CC(C#N)c3ccc(B4OC(C)(C)C(C)(C)O4)cc3)cc2)OC1(C)C. The highest BCUT2D eigenvalue weighted by molar-refractivity contribution is 6.62. The van der Waals surface area contributed by atoms with Crippen LogP contribution in [0.5, 0.6) is 0 Å². The lowest BCUT2D eigenvalue weighted by Crippen LogP contribution is -2.41. The first-order valence-electron chi connectivity index (χ1n) is 12.0. The van der Waals surface area contributed by atoms with Crippen molar-refractivity contribution in [3.8, 4) is 6.07 Å². The third-order valence-corrected chi connectivity index (χ3v) is 7.97. The van der Waals surface area contributed by atoms with Gasteiger partial charge in [-0.2, -0.15) is 5.26 Å². The number of hydrogen-bond donors (Lipinski definition) is 0. The van der Waals surface area contributed by atoms with E-state index in [1.807, 2.05) is 64.1 Å². The minimum atomic E-state index is -0.401. The van der Waals surface area contributed by atoms with Crippen molar-refractivity contribution in [2.75, 3.05) is 0 Å². The van der Waals surface area contributed by atoms with Gasteiger partial charge in [-0.25, -0.2) is 0 Å². The molecule has 2 heterocycles. The molecule has 2 aromatic rings. The van der Waals surface area contributed by atoms with E-state index < -0.39 is 7.12 Å². The molecular formula is C27H35B2NO4. The molecular weight excluding hydrogens is 424 g/mol.